The normalized spacial score (nSPS) is 18.0. The molecule has 0 aliphatic carbocycles. The molecule has 6 heteroatoms. The third-order valence-electron chi connectivity index (χ3n) is 4.24. The van der Waals surface area contributed by atoms with Crippen molar-refractivity contribution in [2.75, 3.05) is 33.4 Å². The van der Waals surface area contributed by atoms with Crippen molar-refractivity contribution in [3.63, 3.8) is 0 Å². The smallest absolute Gasteiger partial charge is 0.119 e. The van der Waals surface area contributed by atoms with Gasteiger partial charge < -0.3 is 9.47 Å². The summed E-state index contributed by atoms with van der Waals surface area (Å²) in [6.45, 7) is 4.10. The molecule has 0 unspecified atom stereocenters. The van der Waals surface area contributed by atoms with Crippen molar-refractivity contribution in [1.82, 2.24) is 14.7 Å². The van der Waals surface area contributed by atoms with Crippen molar-refractivity contribution in [3.05, 3.63) is 46.7 Å². The molecule has 0 saturated heterocycles. The van der Waals surface area contributed by atoms with E-state index in [1.165, 1.54) is 11.3 Å². The van der Waals surface area contributed by atoms with Gasteiger partial charge in [-0.1, -0.05) is 11.6 Å². The highest BCUT2D eigenvalue weighted by atomic mass is 35.5. The largest absolute Gasteiger partial charge is 0.492 e. The first kappa shape index (κ1) is 16.3. The fourth-order valence-corrected chi connectivity index (χ4v) is 3.16. The highest BCUT2D eigenvalue weighted by molar-refractivity contribution is 6.30. The fraction of sp³-hybridized carbons (Fsp3) is 0.471. The van der Waals surface area contributed by atoms with Crippen LogP contribution in [0.25, 0.3) is 0 Å². The Morgan fingerprint density at radius 2 is 2.09 bits per heavy atom. The van der Waals surface area contributed by atoms with E-state index in [0.29, 0.717) is 19.1 Å². The van der Waals surface area contributed by atoms with Gasteiger partial charge in [0.15, 0.2) is 0 Å². The van der Waals surface area contributed by atoms with Gasteiger partial charge in [-0.25, -0.2) is 0 Å². The fourth-order valence-electron chi connectivity index (χ4n) is 3.04. The maximum Gasteiger partial charge on any atom is 0.119 e. The first-order valence-corrected chi connectivity index (χ1v) is 8.15. The summed E-state index contributed by atoms with van der Waals surface area (Å²) in [5.41, 5.74) is 2.58. The average Bonchev–Trinajstić information content (AvgIpc) is 2.91. The lowest BCUT2D eigenvalue weighted by Gasteiger charge is -2.32. The number of fused-ring (bicyclic) bond motifs is 1. The van der Waals surface area contributed by atoms with Crippen LogP contribution in [0.1, 0.15) is 17.2 Å². The average molecular weight is 336 g/mol. The Hall–Kier alpha value is -1.56. The van der Waals surface area contributed by atoms with Crippen molar-refractivity contribution in [1.29, 1.82) is 0 Å². The van der Waals surface area contributed by atoms with E-state index in [4.69, 9.17) is 21.1 Å². The van der Waals surface area contributed by atoms with Crippen LogP contribution >= 0.6 is 11.6 Å². The lowest BCUT2D eigenvalue weighted by atomic mass is 9.95. The Morgan fingerprint density at radius 1 is 1.30 bits per heavy atom. The van der Waals surface area contributed by atoms with Crippen LogP contribution in [0.5, 0.6) is 5.75 Å². The maximum absolute atomic E-state index is 5.88. The summed E-state index contributed by atoms with van der Waals surface area (Å²) in [4.78, 5) is 2.39. The quantitative estimate of drug-likeness (QED) is 0.813. The van der Waals surface area contributed by atoms with E-state index in [0.717, 1.165) is 30.4 Å². The molecule has 1 aromatic heterocycles. The molecule has 0 N–H and O–H groups in total. The van der Waals surface area contributed by atoms with E-state index in [1.54, 1.807) is 7.11 Å². The Balaban J connectivity index is 1.58. The lowest BCUT2D eigenvalue weighted by Crippen LogP contribution is -2.38. The Labute approximate surface area is 141 Å². The summed E-state index contributed by atoms with van der Waals surface area (Å²) < 4.78 is 13.1. The molecule has 0 spiro atoms. The van der Waals surface area contributed by atoms with E-state index in [2.05, 4.69) is 10.00 Å². The maximum atomic E-state index is 5.88. The van der Waals surface area contributed by atoms with Gasteiger partial charge in [-0.05, 0) is 24.3 Å². The summed E-state index contributed by atoms with van der Waals surface area (Å²) in [5.74, 6) is 1.22. The molecule has 5 nitrogen and oxygen atoms in total. The molecule has 0 bridgehead atoms. The molecular weight excluding hydrogens is 314 g/mol. The second-order valence-electron chi connectivity index (χ2n) is 5.86. The van der Waals surface area contributed by atoms with Gasteiger partial charge in [-0.3, -0.25) is 9.58 Å². The molecular formula is C17H22ClN3O2. The van der Waals surface area contributed by atoms with Crippen molar-refractivity contribution in [2.24, 2.45) is 7.05 Å². The predicted molar refractivity (Wildman–Crippen MR) is 90.0 cm³/mol. The van der Waals surface area contributed by atoms with Crippen molar-refractivity contribution < 1.29 is 9.47 Å². The van der Waals surface area contributed by atoms with E-state index in [-0.39, 0.29) is 0 Å². The van der Waals surface area contributed by atoms with Crippen LogP contribution in [0, 0.1) is 0 Å². The van der Waals surface area contributed by atoms with Gasteiger partial charge in [0.05, 0.1) is 18.5 Å². The van der Waals surface area contributed by atoms with Crippen LogP contribution in [-0.2, 0) is 18.3 Å². The van der Waals surface area contributed by atoms with Gasteiger partial charge in [-0.2, -0.15) is 5.10 Å². The van der Waals surface area contributed by atoms with Gasteiger partial charge in [0.2, 0.25) is 0 Å². The molecule has 1 atom stereocenters. The lowest BCUT2D eigenvalue weighted by molar-refractivity contribution is 0.126. The first-order valence-electron chi connectivity index (χ1n) is 7.78. The summed E-state index contributed by atoms with van der Waals surface area (Å²) >= 11 is 5.88. The molecule has 0 saturated carbocycles. The standard InChI is InChI=1S/C17H22ClN3O2/c1-20-17-11-21(10-13(12-22-2)16(17)9-19-20)7-8-23-15-5-3-14(18)4-6-15/h3-6,9,13H,7-8,10-12H2,1-2H3/t13-/m0/s1. The van der Waals surface area contributed by atoms with Gasteiger partial charge in [0.1, 0.15) is 12.4 Å². The number of ether oxygens (including phenoxy) is 2. The molecule has 23 heavy (non-hydrogen) atoms. The Morgan fingerprint density at radius 3 is 2.83 bits per heavy atom. The first-order chi connectivity index (χ1) is 11.2. The minimum atomic E-state index is 0.369. The topological polar surface area (TPSA) is 39.5 Å². The number of hydrogen-bond donors (Lipinski definition) is 0. The Kier molecular flexibility index (Phi) is 5.20. The summed E-state index contributed by atoms with van der Waals surface area (Å²) in [7, 11) is 3.75. The number of halogens is 1. The van der Waals surface area contributed by atoms with E-state index >= 15 is 0 Å². The van der Waals surface area contributed by atoms with Crippen LogP contribution in [0.15, 0.2) is 30.5 Å². The van der Waals surface area contributed by atoms with Crippen molar-refractivity contribution >= 4 is 11.6 Å². The predicted octanol–water partition coefficient (Wildman–Crippen LogP) is 2.70. The summed E-state index contributed by atoms with van der Waals surface area (Å²) in [6, 6.07) is 7.47. The van der Waals surface area contributed by atoms with Crippen molar-refractivity contribution in [2.45, 2.75) is 12.5 Å². The van der Waals surface area contributed by atoms with Gasteiger partial charge in [0.25, 0.3) is 0 Å². The summed E-state index contributed by atoms with van der Waals surface area (Å²) in [5, 5.41) is 5.11. The molecule has 0 amide bonds. The number of benzene rings is 1. The van der Waals surface area contributed by atoms with E-state index < -0.39 is 0 Å². The van der Waals surface area contributed by atoms with Gasteiger partial charge >= 0.3 is 0 Å². The second-order valence-corrected chi connectivity index (χ2v) is 6.30. The molecule has 2 heterocycles. The van der Waals surface area contributed by atoms with E-state index in [9.17, 15) is 0 Å². The third kappa shape index (κ3) is 3.86. The zero-order valence-electron chi connectivity index (χ0n) is 13.5. The highest BCUT2D eigenvalue weighted by Gasteiger charge is 2.27. The monoisotopic (exact) mass is 335 g/mol. The van der Waals surface area contributed by atoms with Crippen LogP contribution < -0.4 is 4.74 Å². The Bertz CT molecular complexity index is 642. The second kappa shape index (κ2) is 7.34. The number of rotatable bonds is 6. The molecule has 2 aromatic rings. The molecule has 0 radical (unpaired) electrons. The molecule has 3 rings (SSSR count). The number of aromatic nitrogens is 2. The third-order valence-corrected chi connectivity index (χ3v) is 4.50. The molecule has 1 aliphatic rings. The number of nitrogens with zero attached hydrogens (tertiary/aromatic N) is 3. The summed E-state index contributed by atoms with van der Waals surface area (Å²) in [6.07, 6.45) is 1.97. The highest BCUT2D eigenvalue weighted by Crippen LogP contribution is 2.28. The zero-order valence-corrected chi connectivity index (χ0v) is 14.3. The molecule has 1 aromatic carbocycles. The number of hydrogen-bond acceptors (Lipinski definition) is 4. The van der Waals surface area contributed by atoms with E-state index in [1.807, 2.05) is 42.2 Å². The number of methoxy groups -OCH3 is 1. The SMILES string of the molecule is COC[C@@H]1CN(CCOc2ccc(Cl)cc2)Cc2c1cnn2C. The zero-order chi connectivity index (χ0) is 16.2. The minimum absolute atomic E-state index is 0.369. The molecule has 1 aliphatic heterocycles. The van der Waals surface area contributed by atoms with Crippen LogP contribution in [0.2, 0.25) is 5.02 Å². The van der Waals surface area contributed by atoms with Crippen LogP contribution in [0.4, 0.5) is 0 Å². The van der Waals surface area contributed by atoms with Crippen LogP contribution in [-0.4, -0.2) is 48.1 Å². The minimum Gasteiger partial charge on any atom is -0.492 e. The van der Waals surface area contributed by atoms with Gasteiger partial charge in [0, 0.05) is 50.3 Å². The number of aryl methyl sites for hydroxylation is 1. The molecule has 0 fully saturated rings. The molecule has 124 valence electrons. The van der Waals surface area contributed by atoms with Gasteiger partial charge in [-0.15, -0.1) is 0 Å². The van der Waals surface area contributed by atoms with Crippen molar-refractivity contribution in [3.8, 4) is 5.75 Å². The van der Waals surface area contributed by atoms with Crippen LogP contribution in [0.3, 0.4) is 0 Å².